The topological polar surface area (TPSA) is 50.1 Å². The van der Waals surface area contributed by atoms with E-state index in [4.69, 9.17) is 5.26 Å². The molecule has 0 aliphatic carbocycles. The number of carbonyl (C=O) groups is 1. The fourth-order valence-electron chi connectivity index (χ4n) is 1.08. The van der Waals surface area contributed by atoms with Crippen LogP contribution in [-0.2, 0) is 11.2 Å². The Bertz CT molecular complexity index is 396. The molecule has 0 fully saturated rings. The van der Waals surface area contributed by atoms with Gasteiger partial charge in [-0.15, -0.1) is 0 Å². The van der Waals surface area contributed by atoms with E-state index >= 15 is 0 Å². The third kappa shape index (κ3) is 2.30. The van der Waals surface area contributed by atoms with E-state index in [0.717, 1.165) is 6.07 Å². The number of hydrogen-bond donors (Lipinski definition) is 0. The van der Waals surface area contributed by atoms with Crippen LogP contribution in [0.15, 0.2) is 18.2 Å². The molecule has 0 amide bonds. The van der Waals surface area contributed by atoms with Gasteiger partial charge in [-0.3, -0.25) is 0 Å². The van der Waals surface area contributed by atoms with Crippen LogP contribution < -0.4 is 0 Å². The Labute approximate surface area is 80.7 Å². The van der Waals surface area contributed by atoms with Crippen molar-refractivity contribution in [2.75, 3.05) is 7.11 Å². The van der Waals surface area contributed by atoms with Crippen LogP contribution in [0.1, 0.15) is 15.9 Å². The molecule has 0 heterocycles. The highest BCUT2D eigenvalue weighted by Gasteiger charge is 2.08. The summed E-state index contributed by atoms with van der Waals surface area (Å²) < 4.78 is 17.4. The van der Waals surface area contributed by atoms with Gasteiger partial charge in [-0.1, -0.05) is 0 Å². The average molecular weight is 193 g/mol. The van der Waals surface area contributed by atoms with E-state index in [-0.39, 0.29) is 12.0 Å². The number of esters is 1. The van der Waals surface area contributed by atoms with Crippen LogP contribution >= 0.6 is 0 Å². The molecule has 14 heavy (non-hydrogen) atoms. The minimum atomic E-state index is -0.608. The molecule has 0 aromatic heterocycles. The third-order valence-corrected chi connectivity index (χ3v) is 1.66. The Kier molecular flexibility index (Phi) is 3.19. The number of carbonyl (C=O) groups excluding carboxylic acids is 1. The summed E-state index contributed by atoms with van der Waals surface area (Å²) in [6.45, 7) is 0. The number of hydrogen-bond acceptors (Lipinski definition) is 3. The Morgan fingerprint density at radius 1 is 1.57 bits per heavy atom. The first-order chi connectivity index (χ1) is 6.67. The lowest BCUT2D eigenvalue weighted by atomic mass is 10.1. The standard InChI is InChI=1S/C10H8FNO2/c1-14-10(13)8-4-7(2-3-12)5-9(11)6-8/h4-6H,2H2,1H3. The summed E-state index contributed by atoms with van der Waals surface area (Å²) in [4.78, 5) is 11.1. The highest BCUT2D eigenvalue weighted by molar-refractivity contribution is 5.89. The van der Waals surface area contributed by atoms with Crippen molar-refractivity contribution in [2.45, 2.75) is 6.42 Å². The molecular weight excluding hydrogens is 185 g/mol. The number of ether oxygens (including phenoxy) is 1. The van der Waals surface area contributed by atoms with Crippen molar-refractivity contribution in [2.24, 2.45) is 0 Å². The van der Waals surface area contributed by atoms with E-state index in [9.17, 15) is 9.18 Å². The maximum absolute atomic E-state index is 12.9. The highest BCUT2D eigenvalue weighted by Crippen LogP contribution is 2.10. The van der Waals surface area contributed by atoms with Gasteiger partial charge in [0, 0.05) is 0 Å². The van der Waals surface area contributed by atoms with Gasteiger partial charge in [-0.2, -0.15) is 5.26 Å². The zero-order valence-corrected chi connectivity index (χ0v) is 7.58. The monoisotopic (exact) mass is 193 g/mol. The smallest absolute Gasteiger partial charge is 0.337 e. The van der Waals surface area contributed by atoms with Crippen LogP contribution in [0.2, 0.25) is 0 Å². The Hall–Kier alpha value is -1.89. The molecule has 4 heteroatoms. The first-order valence-corrected chi connectivity index (χ1v) is 3.92. The number of halogens is 1. The SMILES string of the molecule is COC(=O)c1cc(F)cc(CC#N)c1. The second-order valence-electron chi connectivity index (χ2n) is 2.67. The van der Waals surface area contributed by atoms with Crippen molar-refractivity contribution < 1.29 is 13.9 Å². The first-order valence-electron chi connectivity index (χ1n) is 3.92. The van der Waals surface area contributed by atoms with Crippen molar-refractivity contribution in [3.63, 3.8) is 0 Å². The van der Waals surface area contributed by atoms with Crippen molar-refractivity contribution in [3.05, 3.63) is 35.1 Å². The first kappa shape index (κ1) is 10.2. The number of methoxy groups -OCH3 is 1. The summed E-state index contributed by atoms with van der Waals surface area (Å²) in [5.41, 5.74) is 0.589. The van der Waals surface area contributed by atoms with Crippen molar-refractivity contribution in [1.29, 1.82) is 5.26 Å². The van der Waals surface area contributed by atoms with Gasteiger partial charge in [0.1, 0.15) is 5.82 Å². The van der Waals surface area contributed by atoms with E-state index in [1.54, 1.807) is 0 Å². The number of nitriles is 1. The fourth-order valence-corrected chi connectivity index (χ4v) is 1.08. The van der Waals surface area contributed by atoms with Crippen molar-refractivity contribution in [1.82, 2.24) is 0 Å². The summed E-state index contributed by atoms with van der Waals surface area (Å²) in [6.07, 6.45) is 0.0712. The summed E-state index contributed by atoms with van der Waals surface area (Å²) in [5, 5.41) is 8.41. The second-order valence-corrected chi connectivity index (χ2v) is 2.67. The Morgan fingerprint density at radius 3 is 2.86 bits per heavy atom. The summed E-state index contributed by atoms with van der Waals surface area (Å²) in [7, 11) is 1.22. The van der Waals surface area contributed by atoms with Gasteiger partial charge < -0.3 is 4.74 Å². The van der Waals surface area contributed by atoms with E-state index in [2.05, 4.69) is 4.74 Å². The van der Waals surface area contributed by atoms with E-state index in [0.29, 0.717) is 5.56 Å². The molecule has 0 atom stereocenters. The van der Waals surface area contributed by atoms with Crippen LogP contribution in [0.25, 0.3) is 0 Å². The molecule has 0 spiro atoms. The Balaban J connectivity index is 3.08. The van der Waals surface area contributed by atoms with Crippen LogP contribution in [0.4, 0.5) is 4.39 Å². The molecule has 0 radical (unpaired) electrons. The lowest BCUT2D eigenvalue weighted by molar-refractivity contribution is 0.0600. The highest BCUT2D eigenvalue weighted by atomic mass is 19.1. The van der Waals surface area contributed by atoms with Gasteiger partial charge in [0.15, 0.2) is 0 Å². The zero-order chi connectivity index (χ0) is 10.6. The van der Waals surface area contributed by atoms with Gasteiger partial charge >= 0.3 is 5.97 Å². The molecule has 0 unspecified atom stereocenters. The normalized spacial score (nSPS) is 9.21. The number of nitrogens with zero attached hydrogens (tertiary/aromatic N) is 1. The summed E-state index contributed by atoms with van der Waals surface area (Å²) >= 11 is 0. The molecule has 0 bridgehead atoms. The molecule has 1 aromatic rings. The lowest BCUT2D eigenvalue weighted by Crippen LogP contribution is -2.02. The van der Waals surface area contributed by atoms with Crippen molar-refractivity contribution in [3.8, 4) is 6.07 Å². The fraction of sp³-hybridized carbons (Fsp3) is 0.200. The zero-order valence-electron chi connectivity index (χ0n) is 7.58. The van der Waals surface area contributed by atoms with Gasteiger partial charge in [-0.05, 0) is 23.8 Å². The maximum atomic E-state index is 12.9. The van der Waals surface area contributed by atoms with Crippen LogP contribution in [-0.4, -0.2) is 13.1 Å². The van der Waals surface area contributed by atoms with E-state index < -0.39 is 11.8 Å². The molecule has 0 N–H and O–H groups in total. The van der Waals surface area contributed by atoms with Crippen LogP contribution in [0, 0.1) is 17.1 Å². The molecule has 0 saturated heterocycles. The quantitative estimate of drug-likeness (QED) is 0.671. The van der Waals surface area contributed by atoms with Gasteiger partial charge in [-0.25, -0.2) is 9.18 Å². The molecule has 1 rings (SSSR count). The molecule has 0 aliphatic heterocycles. The minimum Gasteiger partial charge on any atom is -0.465 e. The van der Waals surface area contributed by atoms with Gasteiger partial charge in [0.05, 0.1) is 25.2 Å². The molecule has 1 aromatic carbocycles. The van der Waals surface area contributed by atoms with Crippen LogP contribution in [0.5, 0.6) is 0 Å². The van der Waals surface area contributed by atoms with Gasteiger partial charge in [0.2, 0.25) is 0 Å². The Morgan fingerprint density at radius 2 is 2.29 bits per heavy atom. The van der Waals surface area contributed by atoms with Crippen molar-refractivity contribution >= 4 is 5.97 Å². The molecular formula is C10H8FNO2. The maximum Gasteiger partial charge on any atom is 0.337 e. The number of benzene rings is 1. The van der Waals surface area contributed by atoms with E-state index in [1.165, 1.54) is 19.2 Å². The second kappa shape index (κ2) is 4.38. The molecule has 0 aliphatic rings. The molecule has 72 valence electrons. The lowest BCUT2D eigenvalue weighted by Gasteiger charge is -2.01. The predicted octanol–water partition coefficient (Wildman–Crippen LogP) is 1.68. The number of rotatable bonds is 2. The van der Waals surface area contributed by atoms with Gasteiger partial charge in [0.25, 0.3) is 0 Å². The predicted molar refractivity (Wildman–Crippen MR) is 47.1 cm³/mol. The third-order valence-electron chi connectivity index (χ3n) is 1.66. The molecule has 0 saturated carbocycles. The largest absolute Gasteiger partial charge is 0.465 e. The van der Waals surface area contributed by atoms with E-state index in [1.807, 2.05) is 6.07 Å². The van der Waals surface area contributed by atoms with Crippen LogP contribution in [0.3, 0.4) is 0 Å². The average Bonchev–Trinajstić information content (AvgIpc) is 2.16. The minimum absolute atomic E-state index is 0.0712. The summed E-state index contributed by atoms with van der Waals surface area (Å²) in [6, 6.07) is 5.61. The molecule has 3 nitrogen and oxygen atoms in total. The summed E-state index contributed by atoms with van der Waals surface area (Å²) in [5.74, 6) is -1.15.